The second-order valence-corrected chi connectivity index (χ2v) is 8.50. The van der Waals surface area contributed by atoms with Crippen LogP contribution in [0.2, 0.25) is 0 Å². The number of amides is 2. The van der Waals surface area contributed by atoms with Crippen molar-refractivity contribution in [2.24, 2.45) is 0 Å². The van der Waals surface area contributed by atoms with Gasteiger partial charge in [-0.3, -0.25) is 9.59 Å². The normalized spacial score (nSPS) is 11.2. The van der Waals surface area contributed by atoms with Gasteiger partial charge in [0.25, 0.3) is 5.91 Å². The molecule has 2 aromatic heterocycles. The van der Waals surface area contributed by atoms with E-state index >= 15 is 0 Å². The van der Waals surface area contributed by atoms with Gasteiger partial charge in [0.2, 0.25) is 6.41 Å². The summed E-state index contributed by atoms with van der Waals surface area (Å²) in [5, 5.41) is 3.40. The first-order valence-electron chi connectivity index (χ1n) is 9.14. The third-order valence-electron chi connectivity index (χ3n) is 4.19. The molecule has 0 bridgehead atoms. The van der Waals surface area contributed by atoms with E-state index in [9.17, 15) is 22.8 Å². The van der Waals surface area contributed by atoms with Crippen LogP contribution in [-0.4, -0.2) is 37.1 Å². The molecule has 0 saturated heterocycles. The molecule has 162 valence electrons. The van der Waals surface area contributed by atoms with Crippen LogP contribution in [0.1, 0.15) is 16.8 Å². The number of aromatic nitrogens is 1. The van der Waals surface area contributed by atoms with Gasteiger partial charge < -0.3 is 10.2 Å². The van der Waals surface area contributed by atoms with Crippen LogP contribution in [0.15, 0.2) is 64.6 Å². The molecule has 0 aliphatic heterocycles. The highest BCUT2D eigenvalue weighted by Gasteiger charge is 2.29. The molecule has 31 heavy (non-hydrogen) atoms. The summed E-state index contributed by atoms with van der Waals surface area (Å²) in [5.74, 6) is -0.486. The summed E-state index contributed by atoms with van der Waals surface area (Å²) < 4.78 is 37.9. The van der Waals surface area contributed by atoms with Crippen molar-refractivity contribution < 1.29 is 22.8 Å². The molecule has 0 atom stereocenters. The van der Waals surface area contributed by atoms with E-state index in [1.807, 2.05) is 42.5 Å². The van der Waals surface area contributed by atoms with E-state index in [4.69, 9.17) is 0 Å². The zero-order valence-electron chi connectivity index (χ0n) is 16.3. The molecule has 0 aliphatic carbocycles. The number of thiophene rings is 1. The lowest BCUT2D eigenvalue weighted by Crippen LogP contribution is -2.28. The summed E-state index contributed by atoms with van der Waals surface area (Å²) >= 11 is 2.56. The van der Waals surface area contributed by atoms with Crippen molar-refractivity contribution in [1.29, 1.82) is 0 Å². The van der Waals surface area contributed by atoms with Gasteiger partial charge in [0.05, 0.1) is 12.0 Å². The number of hydrogen-bond donors (Lipinski definition) is 1. The Kier molecular flexibility index (Phi) is 7.34. The smallest absolute Gasteiger partial charge is 0.355 e. The van der Waals surface area contributed by atoms with E-state index in [1.54, 1.807) is 12.3 Å². The van der Waals surface area contributed by atoms with Gasteiger partial charge in [-0.05, 0) is 30.3 Å². The first kappa shape index (κ1) is 22.8. The van der Waals surface area contributed by atoms with Gasteiger partial charge in [-0.15, -0.1) is 11.3 Å². The third kappa shape index (κ3) is 6.08. The van der Waals surface area contributed by atoms with Crippen LogP contribution < -0.4 is 10.2 Å². The standard InChI is InChI=1S/C21H18F3N3O2S2/c1-25-19(29)16-11-17(31-20(16)27(13-28)10-9-21(22,23)24)14-7-8-18(26-12-14)30-15-5-3-2-4-6-15/h2-8,11-13H,9-10H2,1H3,(H,25,29). The van der Waals surface area contributed by atoms with E-state index < -0.39 is 25.0 Å². The van der Waals surface area contributed by atoms with Gasteiger partial charge in [-0.1, -0.05) is 30.0 Å². The SMILES string of the molecule is CNC(=O)c1cc(-c2ccc(Sc3ccccc3)nc2)sc1N(C=O)CCC(F)(F)F. The summed E-state index contributed by atoms with van der Waals surface area (Å²) in [6.45, 7) is -0.568. The van der Waals surface area contributed by atoms with Crippen molar-refractivity contribution >= 4 is 40.4 Å². The van der Waals surface area contributed by atoms with Crippen molar-refractivity contribution in [3.8, 4) is 10.4 Å². The maximum Gasteiger partial charge on any atom is 0.390 e. The van der Waals surface area contributed by atoms with Gasteiger partial charge in [0, 0.05) is 35.1 Å². The fourth-order valence-corrected chi connectivity index (χ4v) is 4.59. The second kappa shape index (κ2) is 9.97. The Balaban J connectivity index is 1.87. The molecular weight excluding hydrogens is 447 g/mol. The van der Waals surface area contributed by atoms with Crippen LogP contribution in [0.5, 0.6) is 0 Å². The fourth-order valence-electron chi connectivity index (χ4n) is 2.68. The van der Waals surface area contributed by atoms with E-state index in [1.165, 1.54) is 18.8 Å². The Morgan fingerprint density at radius 1 is 1.23 bits per heavy atom. The Labute approximate surface area is 185 Å². The first-order valence-corrected chi connectivity index (χ1v) is 10.8. The quantitative estimate of drug-likeness (QED) is 0.463. The van der Waals surface area contributed by atoms with Gasteiger partial charge in [-0.25, -0.2) is 4.98 Å². The minimum atomic E-state index is -4.41. The topological polar surface area (TPSA) is 62.3 Å². The average molecular weight is 466 g/mol. The van der Waals surface area contributed by atoms with Crippen LogP contribution >= 0.6 is 23.1 Å². The van der Waals surface area contributed by atoms with Crippen LogP contribution in [0.4, 0.5) is 18.2 Å². The molecule has 0 spiro atoms. The van der Waals surface area contributed by atoms with Gasteiger partial charge in [0.15, 0.2) is 0 Å². The number of alkyl halides is 3. The van der Waals surface area contributed by atoms with E-state index in [-0.39, 0.29) is 10.6 Å². The first-order chi connectivity index (χ1) is 14.8. The number of hydrogen-bond acceptors (Lipinski definition) is 5. The predicted octanol–water partition coefficient (Wildman–Crippen LogP) is 5.24. The van der Waals surface area contributed by atoms with Crippen molar-refractivity contribution in [3.63, 3.8) is 0 Å². The zero-order chi connectivity index (χ0) is 22.4. The third-order valence-corrected chi connectivity index (χ3v) is 6.37. The molecule has 0 radical (unpaired) electrons. The van der Waals surface area contributed by atoms with Crippen molar-refractivity contribution in [3.05, 3.63) is 60.3 Å². The van der Waals surface area contributed by atoms with Crippen LogP contribution in [0.25, 0.3) is 10.4 Å². The number of anilines is 1. The van der Waals surface area contributed by atoms with Crippen molar-refractivity contribution in [1.82, 2.24) is 10.3 Å². The largest absolute Gasteiger partial charge is 0.390 e. The molecule has 1 N–H and O–H groups in total. The molecule has 10 heteroatoms. The number of nitrogens with zero attached hydrogens (tertiary/aromatic N) is 2. The minimum absolute atomic E-state index is 0.138. The average Bonchev–Trinajstić information content (AvgIpc) is 3.19. The lowest BCUT2D eigenvalue weighted by Gasteiger charge is -2.18. The second-order valence-electron chi connectivity index (χ2n) is 6.37. The zero-order valence-corrected chi connectivity index (χ0v) is 18.0. The lowest BCUT2D eigenvalue weighted by atomic mass is 10.2. The lowest BCUT2D eigenvalue weighted by molar-refractivity contribution is -0.132. The number of carbonyl (C=O) groups is 2. The molecule has 5 nitrogen and oxygen atoms in total. The van der Waals surface area contributed by atoms with E-state index in [0.717, 1.165) is 26.2 Å². The van der Waals surface area contributed by atoms with Gasteiger partial charge in [0.1, 0.15) is 10.0 Å². The molecule has 0 saturated carbocycles. The number of carbonyl (C=O) groups excluding carboxylic acids is 2. The summed E-state index contributed by atoms with van der Waals surface area (Å²) in [4.78, 5) is 30.7. The predicted molar refractivity (Wildman–Crippen MR) is 116 cm³/mol. The van der Waals surface area contributed by atoms with Crippen molar-refractivity contribution in [2.45, 2.75) is 22.5 Å². The maximum absolute atomic E-state index is 12.6. The fraction of sp³-hybridized carbons (Fsp3) is 0.190. The van der Waals surface area contributed by atoms with E-state index in [0.29, 0.717) is 16.9 Å². The monoisotopic (exact) mass is 465 g/mol. The summed E-state index contributed by atoms with van der Waals surface area (Å²) in [6.07, 6.45) is -3.63. The summed E-state index contributed by atoms with van der Waals surface area (Å²) in [6, 6.07) is 14.9. The molecule has 1 aromatic carbocycles. The molecule has 2 heterocycles. The molecule has 0 fully saturated rings. The van der Waals surface area contributed by atoms with Crippen LogP contribution in [-0.2, 0) is 4.79 Å². The van der Waals surface area contributed by atoms with Crippen molar-refractivity contribution in [2.75, 3.05) is 18.5 Å². The molecule has 3 aromatic rings. The number of rotatable bonds is 8. The summed E-state index contributed by atoms with van der Waals surface area (Å²) in [7, 11) is 1.42. The van der Waals surface area contributed by atoms with Crippen LogP contribution in [0.3, 0.4) is 0 Å². The number of nitrogens with one attached hydrogen (secondary N) is 1. The summed E-state index contributed by atoms with van der Waals surface area (Å²) in [5.41, 5.74) is 0.833. The van der Waals surface area contributed by atoms with Crippen LogP contribution in [0, 0.1) is 0 Å². The highest BCUT2D eigenvalue weighted by atomic mass is 32.2. The molecule has 0 unspecified atom stereocenters. The Bertz CT molecular complexity index is 1040. The van der Waals surface area contributed by atoms with E-state index in [2.05, 4.69) is 10.3 Å². The Morgan fingerprint density at radius 2 is 1.97 bits per heavy atom. The maximum atomic E-state index is 12.6. The number of halogens is 3. The number of pyridine rings is 1. The highest BCUT2D eigenvalue weighted by molar-refractivity contribution is 7.99. The Hall–Kier alpha value is -2.85. The number of benzene rings is 1. The minimum Gasteiger partial charge on any atom is -0.355 e. The molecule has 2 amide bonds. The van der Waals surface area contributed by atoms with Gasteiger partial charge in [-0.2, -0.15) is 13.2 Å². The highest BCUT2D eigenvalue weighted by Crippen LogP contribution is 2.38. The Morgan fingerprint density at radius 3 is 2.55 bits per heavy atom. The van der Waals surface area contributed by atoms with Gasteiger partial charge >= 0.3 is 6.18 Å². The molecular formula is C21H18F3N3O2S2. The molecule has 0 aliphatic rings. The molecule has 3 rings (SSSR count).